The number of ether oxygens (including phenoxy) is 2. The minimum Gasteiger partial charge on any atom is -0.501 e. The van der Waals surface area contributed by atoms with Crippen molar-refractivity contribution in [2.75, 3.05) is 7.11 Å². The van der Waals surface area contributed by atoms with Gasteiger partial charge in [0.15, 0.2) is 0 Å². The van der Waals surface area contributed by atoms with Crippen LogP contribution in [0.25, 0.3) is 0 Å². The first-order chi connectivity index (χ1) is 2.91. The maximum Gasteiger partial charge on any atom is 0.121 e. The highest BCUT2D eigenvalue weighted by Gasteiger charge is 1.56. The van der Waals surface area contributed by atoms with Crippen molar-refractivity contribution in [2.45, 2.75) is 0 Å². The summed E-state index contributed by atoms with van der Waals surface area (Å²) in [7, 11) is 4.59. The van der Waals surface area contributed by atoms with Crippen molar-refractivity contribution in [1.82, 2.24) is 0 Å². The molecule has 0 saturated carbocycles. The lowest BCUT2D eigenvalue weighted by atomic mass is 11.0. The van der Waals surface area contributed by atoms with Gasteiger partial charge in [-0.1, -0.05) is 0 Å². The Bertz CT molecular complexity index is 34.8. The molecule has 0 aromatic carbocycles. The third kappa shape index (κ3) is 3.34. The molecule has 0 aliphatic carbocycles. The number of rotatable bonds is 2. The van der Waals surface area contributed by atoms with E-state index in [-0.39, 0.29) is 0 Å². The topological polar surface area (TPSA) is 18.5 Å². The zero-order chi connectivity index (χ0) is 4.83. The van der Waals surface area contributed by atoms with Gasteiger partial charge in [-0.05, 0) is 0 Å². The number of hydrogen-bond donors (Lipinski definition) is 0. The fourth-order valence-electron chi connectivity index (χ4n) is 0.0948. The minimum absolute atomic E-state index is 1.35. The lowest BCUT2D eigenvalue weighted by Crippen LogP contribution is -1.64. The zero-order valence-corrected chi connectivity index (χ0v) is 3.68. The fourth-order valence-corrected chi connectivity index (χ4v) is 0.0948. The molecular formula is C4H7O2. The van der Waals surface area contributed by atoms with Gasteiger partial charge in [0.1, 0.15) is 19.6 Å². The second kappa shape index (κ2) is 4.34. The minimum atomic E-state index is 1.35. The van der Waals surface area contributed by atoms with E-state index >= 15 is 0 Å². The molecule has 0 atom stereocenters. The zero-order valence-electron chi connectivity index (χ0n) is 3.68. The highest BCUT2D eigenvalue weighted by Crippen LogP contribution is 1.70. The van der Waals surface area contributed by atoms with Crippen molar-refractivity contribution in [1.29, 1.82) is 0 Å². The molecule has 0 aliphatic heterocycles. The lowest BCUT2D eigenvalue weighted by Gasteiger charge is -1.83. The molecule has 0 aromatic heterocycles. The van der Waals surface area contributed by atoms with Crippen LogP contribution in [0.5, 0.6) is 0 Å². The van der Waals surface area contributed by atoms with Crippen molar-refractivity contribution >= 4 is 0 Å². The summed E-state index contributed by atoms with van der Waals surface area (Å²) in [5, 5.41) is 0. The Kier molecular flexibility index (Phi) is 3.86. The molecule has 0 rings (SSSR count). The van der Waals surface area contributed by atoms with E-state index in [1.165, 1.54) is 19.6 Å². The molecule has 2 heteroatoms. The Balaban J connectivity index is 2.73. The quantitative estimate of drug-likeness (QED) is 0.466. The molecule has 0 fully saturated rings. The summed E-state index contributed by atoms with van der Waals surface area (Å²) in [4.78, 5) is 0. The first kappa shape index (κ1) is 5.34. The van der Waals surface area contributed by atoms with Crippen LogP contribution in [0.1, 0.15) is 0 Å². The Hall–Kier alpha value is -0.660. The van der Waals surface area contributed by atoms with E-state index in [9.17, 15) is 0 Å². The third-order valence-electron chi connectivity index (χ3n) is 0.288. The largest absolute Gasteiger partial charge is 0.501 e. The lowest BCUT2D eigenvalue weighted by molar-refractivity contribution is 0.304. The van der Waals surface area contributed by atoms with Gasteiger partial charge < -0.3 is 9.47 Å². The summed E-state index contributed by atoms with van der Waals surface area (Å²) in [6, 6.07) is 0. The molecule has 0 heterocycles. The smallest absolute Gasteiger partial charge is 0.121 e. The van der Waals surface area contributed by atoms with Crippen LogP contribution in [0.4, 0.5) is 0 Å². The van der Waals surface area contributed by atoms with E-state index in [0.717, 1.165) is 0 Å². The highest BCUT2D eigenvalue weighted by atomic mass is 16.5. The highest BCUT2D eigenvalue weighted by molar-refractivity contribution is 4.57. The Morgan fingerprint density at radius 3 is 2.33 bits per heavy atom. The van der Waals surface area contributed by atoms with Gasteiger partial charge in [-0.15, -0.1) is 0 Å². The van der Waals surface area contributed by atoms with Gasteiger partial charge in [-0.3, -0.25) is 0 Å². The van der Waals surface area contributed by atoms with Crippen LogP contribution in [0.2, 0.25) is 0 Å². The van der Waals surface area contributed by atoms with Gasteiger partial charge in [0.2, 0.25) is 0 Å². The van der Waals surface area contributed by atoms with Crippen LogP contribution in [0, 0.1) is 7.11 Å². The summed E-state index contributed by atoms with van der Waals surface area (Å²) in [5.74, 6) is 0. The van der Waals surface area contributed by atoms with Crippen molar-refractivity contribution in [3.8, 4) is 0 Å². The summed E-state index contributed by atoms with van der Waals surface area (Å²) in [6.45, 7) is 0. The predicted molar refractivity (Wildman–Crippen MR) is 22.6 cm³/mol. The van der Waals surface area contributed by atoms with E-state index in [0.29, 0.717) is 0 Å². The molecule has 1 radical (unpaired) electrons. The van der Waals surface area contributed by atoms with Crippen LogP contribution in [-0.4, -0.2) is 7.11 Å². The van der Waals surface area contributed by atoms with E-state index < -0.39 is 0 Å². The van der Waals surface area contributed by atoms with Crippen molar-refractivity contribution in [3.05, 3.63) is 19.6 Å². The standard InChI is InChI=1S/C4H7O2/c1-5-3-4-6-2/h3-4H,1H2,2H3/b4-3+. The second-order valence-corrected chi connectivity index (χ2v) is 0.675. The summed E-state index contributed by atoms with van der Waals surface area (Å²) in [5.41, 5.74) is 0. The Labute approximate surface area is 37.4 Å². The Morgan fingerprint density at radius 2 is 2.17 bits per heavy atom. The molecular weight excluding hydrogens is 80.0 g/mol. The van der Waals surface area contributed by atoms with E-state index in [1.54, 1.807) is 0 Å². The maximum absolute atomic E-state index is 4.44. The molecule has 6 heavy (non-hydrogen) atoms. The molecule has 35 valence electrons. The third-order valence-corrected chi connectivity index (χ3v) is 0.288. The van der Waals surface area contributed by atoms with Crippen LogP contribution in [0.3, 0.4) is 0 Å². The first-order valence-corrected chi connectivity index (χ1v) is 1.50. The van der Waals surface area contributed by atoms with Crippen LogP contribution in [-0.2, 0) is 9.47 Å². The van der Waals surface area contributed by atoms with Gasteiger partial charge >= 0.3 is 0 Å². The van der Waals surface area contributed by atoms with E-state index in [2.05, 4.69) is 16.6 Å². The van der Waals surface area contributed by atoms with E-state index in [4.69, 9.17) is 0 Å². The molecule has 0 unspecified atom stereocenters. The molecule has 0 aromatic rings. The molecule has 0 bridgehead atoms. The molecule has 0 N–H and O–H groups in total. The van der Waals surface area contributed by atoms with Crippen LogP contribution in [0.15, 0.2) is 12.5 Å². The van der Waals surface area contributed by atoms with Gasteiger partial charge in [0, 0.05) is 0 Å². The van der Waals surface area contributed by atoms with Crippen molar-refractivity contribution < 1.29 is 9.47 Å². The fraction of sp³-hybridized carbons (Fsp3) is 0.250. The SMILES string of the molecule is [CH2]O/C=C/OC. The molecule has 0 aliphatic rings. The van der Waals surface area contributed by atoms with Gasteiger partial charge in [-0.25, -0.2) is 0 Å². The van der Waals surface area contributed by atoms with Crippen molar-refractivity contribution in [3.63, 3.8) is 0 Å². The first-order valence-electron chi connectivity index (χ1n) is 1.50. The van der Waals surface area contributed by atoms with Crippen molar-refractivity contribution in [2.24, 2.45) is 0 Å². The second-order valence-electron chi connectivity index (χ2n) is 0.675. The Morgan fingerprint density at radius 1 is 1.50 bits per heavy atom. The maximum atomic E-state index is 4.44. The summed E-state index contributed by atoms with van der Waals surface area (Å²) in [6.07, 6.45) is 2.74. The summed E-state index contributed by atoms with van der Waals surface area (Å²) >= 11 is 0. The van der Waals surface area contributed by atoms with Gasteiger partial charge in [0.25, 0.3) is 0 Å². The molecule has 2 nitrogen and oxygen atoms in total. The monoisotopic (exact) mass is 87.0 g/mol. The molecule has 0 saturated heterocycles. The average molecular weight is 87.1 g/mol. The van der Waals surface area contributed by atoms with Crippen LogP contribution >= 0.6 is 0 Å². The van der Waals surface area contributed by atoms with Gasteiger partial charge in [-0.2, -0.15) is 0 Å². The molecule has 0 spiro atoms. The molecule has 0 amide bonds. The van der Waals surface area contributed by atoms with Crippen LogP contribution < -0.4 is 0 Å². The number of hydrogen-bond acceptors (Lipinski definition) is 2. The average Bonchev–Trinajstić information content (AvgIpc) is 1.61. The van der Waals surface area contributed by atoms with E-state index in [1.807, 2.05) is 0 Å². The normalized spacial score (nSPS) is 9.00. The number of methoxy groups -OCH3 is 1. The van der Waals surface area contributed by atoms with Gasteiger partial charge in [0.05, 0.1) is 7.11 Å². The predicted octanol–water partition coefficient (Wildman–Crippen LogP) is 0.912. The summed E-state index contributed by atoms with van der Waals surface area (Å²) < 4.78 is 8.66.